The molecule has 2 aromatic carbocycles. The minimum atomic E-state index is -0.898. The quantitative estimate of drug-likeness (QED) is 0.104. The van der Waals surface area contributed by atoms with Gasteiger partial charge < -0.3 is 37.4 Å². The number of aliphatic hydroxyl groups is 1. The van der Waals surface area contributed by atoms with Crippen LogP contribution < -0.4 is 27.4 Å². The van der Waals surface area contributed by atoms with Gasteiger partial charge in [0, 0.05) is 31.5 Å². The van der Waals surface area contributed by atoms with Crippen molar-refractivity contribution < 1.29 is 29.1 Å². The van der Waals surface area contributed by atoms with Gasteiger partial charge in [-0.15, -0.1) is 23.7 Å². The van der Waals surface area contributed by atoms with E-state index in [1.165, 1.54) is 4.90 Å². The number of nitrogens with one attached hydrogen (secondary N) is 3. The molecule has 306 valence electrons. The summed E-state index contributed by atoms with van der Waals surface area (Å²) >= 11 is 1.57. The Balaban J connectivity index is 0.00000841. The maximum Gasteiger partial charge on any atom is 0.246 e. The van der Waals surface area contributed by atoms with Gasteiger partial charge in [-0.05, 0) is 86.3 Å². The van der Waals surface area contributed by atoms with E-state index >= 15 is 0 Å². The molecule has 2 heterocycles. The molecule has 0 saturated carbocycles. The van der Waals surface area contributed by atoms with Gasteiger partial charge in [0.25, 0.3) is 0 Å². The largest absolute Gasteiger partial charge is 0.391 e. The fourth-order valence-corrected chi connectivity index (χ4v) is 7.59. The number of unbranched alkanes of at least 4 members (excludes halogenated alkanes) is 2. The van der Waals surface area contributed by atoms with E-state index in [0.29, 0.717) is 12.1 Å². The molecule has 0 spiro atoms. The minimum absolute atomic E-state index is 0. The third-order valence-corrected chi connectivity index (χ3v) is 10.9. The average Bonchev–Trinajstić information content (AvgIpc) is 3.73. The summed E-state index contributed by atoms with van der Waals surface area (Å²) in [4.78, 5) is 71.2. The first kappa shape index (κ1) is 46.0. The summed E-state index contributed by atoms with van der Waals surface area (Å²) < 4.78 is 0. The van der Waals surface area contributed by atoms with E-state index in [1.807, 2.05) is 89.5 Å². The molecule has 56 heavy (non-hydrogen) atoms. The highest BCUT2D eigenvalue weighted by Gasteiger charge is 2.44. The highest BCUT2D eigenvalue weighted by molar-refractivity contribution is 7.13. The lowest BCUT2D eigenvalue weighted by molar-refractivity contribution is -0.144. The van der Waals surface area contributed by atoms with Crippen LogP contribution in [0.2, 0.25) is 0 Å². The van der Waals surface area contributed by atoms with Gasteiger partial charge in [-0.3, -0.25) is 24.0 Å². The molecule has 1 aliphatic rings. The van der Waals surface area contributed by atoms with Crippen LogP contribution in [0.4, 0.5) is 5.69 Å². The Morgan fingerprint density at radius 3 is 2.32 bits per heavy atom. The topological polar surface area (TPSA) is 210 Å². The van der Waals surface area contributed by atoms with Gasteiger partial charge in [0.15, 0.2) is 0 Å². The maximum absolute atomic E-state index is 14.0. The van der Waals surface area contributed by atoms with Crippen molar-refractivity contribution in [3.8, 4) is 10.4 Å². The first-order valence-electron chi connectivity index (χ1n) is 19.0. The zero-order chi connectivity index (χ0) is 40.4. The Labute approximate surface area is 340 Å². The number of hydrogen-bond donors (Lipinski definition) is 6. The van der Waals surface area contributed by atoms with Crippen molar-refractivity contribution in [2.45, 2.75) is 123 Å². The van der Waals surface area contributed by atoms with Crippen LogP contribution in [0.25, 0.3) is 10.4 Å². The molecule has 5 amide bonds. The lowest BCUT2D eigenvalue weighted by Crippen LogP contribution is -2.57. The van der Waals surface area contributed by atoms with E-state index in [-0.39, 0.29) is 68.4 Å². The van der Waals surface area contributed by atoms with Crippen LogP contribution in [0.1, 0.15) is 101 Å². The molecule has 3 aromatic rings. The molecule has 5 atom stereocenters. The first-order valence-corrected chi connectivity index (χ1v) is 19.8. The summed E-state index contributed by atoms with van der Waals surface area (Å²) in [7, 11) is 0. The van der Waals surface area contributed by atoms with Crippen molar-refractivity contribution >= 4 is 59.0 Å². The Bertz CT molecular complexity index is 1830. The van der Waals surface area contributed by atoms with Gasteiger partial charge in [-0.25, -0.2) is 4.98 Å². The highest BCUT2D eigenvalue weighted by Crippen LogP contribution is 2.30. The van der Waals surface area contributed by atoms with E-state index < -0.39 is 41.5 Å². The number of halogens is 1. The number of likely N-dealkylation sites (tertiary alicyclic amines) is 1. The number of aliphatic hydroxyl groups excluding tert-OH is 1. The summed E-state index contributed by atoms with van der Waals surface area (Å²) in [6.07, 6.45) is 2.59. The number of hydrogen-bond acceptors (Lipinski definition) is 9. The predicted molar refractivity (Wildman–Crippen MR) is 222 cm³/mol. The number of carbonyl (C=O) groups is 5. The Morgan fingerprint density at radius 1 is 1.00 bits per heavy atom. The molecule has 1 aromatic heterocycles. The standard InChI is InChI=1S/C41H57N7O6S.ClH/c1-24-18-27(20-30(19-24)46-38(52)32(42)16-17-34(43)50)10-8-7-9-11-35(51)47-37(41(4,5)6)40(54)48-22-31(49)21-33(48)39(53)45-25(2)28-12-14-29(15-13-28)36-26(3)44-23-55-36;/h12-15,18-20,23,25,31-33,37,49H,7-11,16-17,21-22,42H2,1-6H3,(H2,43,50)(H,45,53)(H,46,52)(H,47,51);1H/t25-,31+,32-,33-,37+;/m0./s1. The van der Waals surface area contributed by atoms with Crippen LogP contribution >= 0.6 is 23.7 Å². The molecule has 15 heteroatoms. The number of carbonyl (C=O) groups excluding carboxylic acids is 5. The van der Waals surface area contributed by atoms with Gasteiger partial charge in [0.2, 0.25) is 29.5 Å². The minimum Gasteiger partial charge on any atom is -0.391 e. The molecule has 0 aliphatic carbocycles. The van der Waals surface area contributed by atoms with Crippen molar-refractivity contribution in [2.24, 2.45) is 16.9 Å². The SMILES string of the molecule is Cc1cc(CCCCCC(=O)N[C@H](C(=O)N2C[C@H](O)C[C@H]2C(=O)N[C@@H](C)c2ccc(-c3scnc3C)cc2)C(C)(C)C)cc(NC(=O)[C@@H](N)CCC(N)=O)c1.Cl. The number of nitrogens with zero attached hydrogens (tertiary/aromatic N) is 2. The number of nitrogens with two attached hydrogens (primary N) is 2. The molecule has 0 bridgehead atoms. The Kier molecular flexibility index (Phi) is 17.0. The van der Waals surface area contributed by atoms with E-state index in [2.05, 4.69) is 20.9 Å². The van der Waals surface area contributed by atoms with Crippen molar-refractivity contribution in [1.82, 2.24) is 20.5 Å². The van der Waals surface area contributed by atoms with E-state index in [0.717, 1.165) is 52.1 Å². The van der Waals surface area contributed by atoms with E-state index in [4.69, 9.17) is 11.5 Å². The molecule has 1 saturated heterocycles. The van der Waals surface area contributed by atoms with Gasteiger partial charge >= 0.3 is 0 Å². The van der Waals surface area contributed by atoms with Gasteiger partial charge in [0.1, 0.15) is 12.1 Å². The van der Waals surface area contributed by atoms with Gasteiger partial charge in [-0.2, -0.15) is 0 Å². The summed E-state index contributed by atoms with van der Waals surface area (Å²) in [5.41, 5.74) is 17.8. The summed E-state index contributed by atoms with van der Waals surface area (Å²) in [5, 5.41) is 19.4. The van der Waals surface area contributed by atoms with Gasteiger partial charge in [0.05, 0.1) is 34.3 Å². The average molecular weight is 812 g/mol. The number of β-amino-alcohol motifs (C(OH)–C–C–N with tert-alkyl or cyclic N) is 1. The Hall–Kier alpha value is -4.37. The normalized spacial score (nSPS) is 17.0. The summed E-state index contributed by atoms with van der Waals surface area (Å²) in [5.74, 6) is -1.90. The molecular weight excluding hydrogens is 754 g/mol. The van der Waals surface area contributed by atoms with Crippen LogP contribution in [0.3, 0.4) is 0 Å². The second-order valence-electron chi connectivity index (χ2n) is 15.8. The zero-order valence-corrected chi connectivity index (χ0v) is 34.9. The van der Waals surface area contributed by atoms with Crippen LogP contribution in [-0.4, -0.2) is 75.3 Å². The van der Waals surface area contributed by atoms with Crippen LogP contribution in [-0.2, 0) is 30.4 Å². The molecule has 4 rings (SSSR count). The molecular formula is C41H58ClN7O6S. The van der Waals surface area contributed by atoms with Gasteiger partial charge in [-0.1, -0.05) is 57.5 Å². The monoisotopic (exact) mass is 811 g/mol. The van der Waals surface area contributed by atoms with E-state index in [1.54, 1.807) is 11.3 Å². The van der Waals surface area contributed by atoms with Crippen molar-refractivity contribution in [3.63, 3.8) is 0 Å². The number of anilines is 1. The van der Waals surface area contributed by atoms with Crippen molar-refractivity contribution in [3.05, 3.63) is 70.4 Å². The Morgan fingerprint density at radius 2 is 1.70 bits per heavy atom. The first-order chi connectivity index (χ1) is 25.9. The number of aryl methyl sites for hydroxylation is 3. The predicted octanol–water partition coefficient (Wildman–Crippen LogP) is 4.85. The summed E-state index contributed by atoms with van der Waals surface area (Å²) in [6.45, 7) is 11.4. The molecule has 0 unspecified atom stereocenters. The molecule has 1 fully saturated rings. The number of rotatable bonds is 17. The van der Waals surface area contributed by atoms with Crippen molar-refractivity contribution in [2.75, 3.05) is 11.9 Å². The highest BCUT2D eigenvalue weighted by atomic mass is 35.5. The number of amides is 5. The number of aromatic nitrogens is 1. The molecule has 8 N–H and O–H groups in total. The zero-order valence-electron chi connectivity index (χ0n) is 33.2. The van der Waals surface area contributed by atoms with Crippen molar-refractivity contribution in [1.29, 1.82) is 0 Å². The maximum atomic E-state index is 14.0. The van der Waals surface area contributed by atoms with E-state index in [9.17, 15) is 29.1 Å². The fourth-order valence-electron chi connectivity index (χ4n) is 6.78. The number of thiazole rings is 1. The second kappa shape index (κ2) is 20.7. The fraction of sp³-hybridized carbons (Fsp3) is 0.512. The van der Waals surface area contributed by atoms with Crippen LogP contribution in [0.15, 0.2) is 48.0 Å². The smallest absolute Gasteiger partial charge is 0.246 e. The molecule has 1 aliphatic heterocycles. The number of benzene rings is 2. The lowest BCUT2D eigenvalue weighted by Gasteiger charge is -2.35. The molecule has 0 radical (unpaired) electrons. The third kappa shape index (κ3) is 13.1. The lowest BCUT2D eigenvalue weighted by atomic mass is 9.85. The van der Waals surface area contributed by atoms with Crippen LogP contribution in [0, 0.1) is 19.3 Å². The molecule has 13 nitrogen and oxygen atoms in total. The van der Waals surface area contributed by atoms with Crippen LogP contribution in [0.5, 0.6) is 0 Å². The second-order valence-corrected chi connectivity index (χ2v) is 16.6. The third-order valence-electron chi connectivity index (χ3n) is 9.87. The number of primary amides is 1. The summed E-state index contributed by atoms with van der Waals surface area (Å²) in [6, 6.07) is 10.8.